The van der Waals surface area contributed by atoms with Gasteiger partial charge in [-0.1, -0.05) is 203 Å². The second-order valence-electron chi connectivity index (χ2n) is 20.1. The number of hydrogen-bond acceptors (Lipinski definition) is 2. The summed E-state index contributed by atoms with van der Waals surface area (Å²) in [6.45, 7) is 9.29. The monoisotopic (exact) mass is 893 g/mol. The lowest BCUT2D eigenvalue weighted by atomic mass is 9.70. The van der Waals surface area contributed by atoms with Gasteiger partial charge in [0.2, 0.25) is 0 Å². The Hall–Kier alpha value is -5.96. The molecule has 0 saturated carbocycles. The van der Waals surface area contributed by atoms with Crippen LogP contribution < -0.4 is 0 Å². The standard InChI is InChI=1S/C66H72N2/c1-5-9-13-19-39-65(40-20-14-10-6-2)59-28-18-17-26-55(59)56-36-32-49(45-60(56)65)29-30-50-33-37-57-58-38-34-51(31-35-52-48-53-25-23-43-67-63(53)64-54(52)27-24-44-68-64)47-62(58)66(61(57)46-50,41-21-15-11-7-3)42-22-16-12-8-4/h17-18,23-28,32-34,36-38,43-48H,5-16,19-22,39-42H2,1-4H3. The molecule has 2 aliphatic rings. The third kappa shape index (κ3) is 9.55. The number of rotatable bonds is 20. The van der Waals surface area contributed by atoms with E-state index in [0.29, 0.717) is 0 Å². The zero-order valence-electron chi connectivity index (χ0n) is 41.6. The highest BCUT2D eigenvalue weighted by Gasteiger charge is 2.43. The maximum atomic E-state index is 4.75. The predicted molar refractivity (Wildman–Crippen MR) is 289 cm³/mol. The highest BCUT2D eigenvalue weighted by Crippen LogP contribution is 2.56. The summed E-state index contributed by atoms with van der Waals surface area (Å²) in [4.78, 5) is 9.43. The summed E-state index contributed by atoms with van der Waals surface area (Å²) in [6.07, 6.45) is 28.7. The number of aromatic nitrogens is 2. The van der Waals surface area contributed by atoms with E-state index in [0.717, 1.165) is 56.9 Å². The Balaban J connectivity index is 1.10. The molecule has 0 amide bonds. The molecule has 0 spiro atoms. The molecule has 0 fully saturated rings. The molecular formula is C66H72N2. The molecule has 0 bridgehead atoms. The molecule has 2 nitrogen and oxygen atoms in total. The minimum Gasteiger partial charge on any atom is -0.254 e. The first-order valence-electron chi connectivity index (χ1n) is 26.7. The van der Waals surface area contributed by atoms with Gasteiger partial charge in [-0.3, -0.25) is 9.97 Å². The van der Waals surface area contributed by atoms with E-state index >= 15 is 0 Å². The van der Waals surface area contributed by atoms with Crippen LogP contribution in [0.1, 0.15) is 201 Å². The van der Waals surface area contributed by atoms with Crippen LogP contribution in [0.5, 0.6) is 0 Å². The largest absolute Gasteiger partial charge is 0.254 e. The van der Waals surface area contributed by atoms with E-state index in [9.17, 15) is 0 Å². The summed E-state index contributed by atoms with van der Waals surface area (Å²) in [5.41, 5.74) is 17.7. The summed E-state index contributed by atoms with van der Waals surface area (Å²) in [6, 6.07) is 41.1. The Morgan fingerprint density at radius 1 is 0.368 bits per heavy atom. The first-order valence-corrected chi connectivity index (χ1v) is 26.7. The van der Waals surface area contributed by atoms with Crippen LogP contribution in [0, 0.1) is 23.7 Å². The van der Waals surface area contributed by atoms with Gasteiger partial charge in [0.1, 0.15) is 0 Å². The minimum absolute atomic E-state index is 0.0563. The molecule has 9 rings (SSSR count). The second kappa shape index (κ2) is 22.0. The summed E-state index contributed by atoms with van der Waals surface area (Å²) in [5, 5.41) is 2.11. The van der Waals surface area contributed by atoms with Crippen LogP contribution in [0.15, 0.2) is 122 Å². The number of pyridine rings is 2. The van der Waals surface area contributed by atoms with Crippen molar-refractivity contribution in [1.82, 2.24) is 9.97 Å². The van der Waals surface area contributed by atoms with Crippen LogP contribution in [-0.2, 0) is 10.8 Å². The molecule has 68 heavy (non-hydrogen) atoms. The highest BCUT2D eigenvalue weighted by atomic mass is 14.7. The molecular weight excluding hydrogens is 821 g/mol. The van der Waals surface area contributed by atoms with Crippen molar-refractivity contribution in [2.24, 2.45) is 0 Å². The van der Waals surface area contributed by atoms with Crippen LogP contribution in [-0.4, -0.2) is 9.97 Å². The fraction of sp³-hybridized carbons (Fsp3) is 0.394. The average Bonchev–Trinajstić information content (AvgIpc) is 3.80. The van der Waals surface area contributed by atoms with Gasteiger partial charge in [-0.15, -0.1) is 0 Å². The Kier molecular flexibility index (Phi) is 15.2. The molecule has 0 aliphatic heterocycles. The number of hydrogen-bond donors (Lipinski definition) is 0. The molecule has 0 atom stereocenters. The third-order valence-corrected chi connectivity index (χ3v) is 15.6. The number of unbranched alkanes of at least 4 members (excludes halogenated alkanes) is 12. The maximum absolute atomic E-state index is 4.75. The van der Waals surface area contributed by atoms with Crippen molar-refractivity contribution in [2.75, 3.05) is 0 Å². The molecule has 0 unspecified atom stereocenters. The molecule has 0 saturated heterocycles. The van der Waals surface area contributed by atoms with Crippen molar-refractivity contribution in [1.29, 1.82) is 0 Å². The van der Waals surface area contributed by atoms with Crippen molar-refractivity contribution in [3.05, 3.63) is 166 Å². The van der Waals surface area contributed by atoms with Crippen molar-refractivity contribution < 1.29 is 0 Å². The molecule has 2 heterocycles. The number of benzene rings is 5. The first kappa shape index (κ1) is 47.1. The van der Waals surface area contributed by atoms with Gasteiger partial charge in [0.25, 0.3) is 0 Å². The second-order valence-corrected chi connectivity index (χ2v) is 20.1. The smallest absolute Gasteiger partial charge is 0.0977 e. The van der Waals surface area contributed by atoms with E-state index in [2.05, 4.69) is 153 Å². The van der Waals surface area contributed by atoms with Crippen LogP contribution >= 0.6 is 0 Å². The molecule has 5 aromatic carbocycles. The van der Waals surface area contributed by atoms with Crippen molar-refractivity contribution in [3.8, 4) is 45.9 Å². The van der Waals surface area contributed by atoms with Gasteiger partial charge < -0.3 is 0 Å². The Morgan fingerprint density at radius 3 is 1.29 bits per heavy atom. The van der Waals surface area contributed by atoms with E-state index < -0.39 is 0 Å². The Labute approximate surface area is 408 Å². The van der Waals surface area contributed by atoms with Crippen LogP contribution in [0.4, 0.5) is 0 Å². The third-order valence-electron chi connectivity index (χ3n) is 15.6. The quantitative estimate of drug-likeness (QED) is 0.0433. The molecule has 2 aliphatic carbocycles. The van der Waals surface area contributed by atoms with E-state index in [1.807, 2.05) is 24.5 Å². The Morgan fingerprint density at radius 2 is 0.794 bits per heavy atom. The fourth-order valence-corrected chi connectivity index (χ4v) is 12.1. The van der Waals surface area contributed by atoms with E-state index in [-0.39, 0.29) is 10.8 Å². The zero-order valence-corrected chi connectivity index (χ0v) is 41.6. The molecule has 346 valence electrons. The van der Waals surface area contributed by atoms with Crippen molar-refractivity contribution in [2.45, 2.75) is 167 Å². The summed E-state index contributed by atoms with van der Waals surface area (Å²) >= 11 is 0. The van der Waals surface area contributed by atoms with E-state index in [1.165, 1.54) is 155 Å². The topological polar surface area (TPSA) is 25.8 Å². The predicted octanol–water partition coefficient (Wildman–Crippen LogP) is 18.0. The molecule has 0 radical (unpaired) electrons. The zero-order chi connectivity index (χ0) is 46.8. The lowest BCUT2D eigenvalue weighted by Crippen LogP contribution is -2.26. The van der Waals surface area contributed by atoms with Gasteiger partial charge in [-0.2, -0.15) is 0 Å². The molecule has 7 aromatic rings. The number of fused-ring (bicyclic) bond motifs is 9. The first-order chi connectivity index (χ1) is 33.5. The number of nitrogens with zero attached hydrogens (tertiary/aromatic N) is 2. The van der Waals surface area contributed by atoms with Crippen molar-refractivity contribution >= 4 is 21.8 Å². The van der Waals surface area contributed by atoms with E-state index in [1.54, 1.807) is 5.56 Å². The summed E-state index contributed by atoms with van der Waals surface area (Å²) in [5.74, 6) is 14.8. The summed E-state index contributed by atoms with van der Waals surface area (Å²) in [7, 11) is 0. The Bertz CT molecular complexity index is 2980. The van der Waals surface area contributed by atoms with Crippen LogP contribution in [0.3, 0.4) is 0 Å². The minimum atomic E-state index is -0.0821. The van der Waals surface area contributed by atoms with Gasteiger partial charge in [-0.05, 0) is 131 Å². The molecule has 2 aromatic heterocycles. The van der Waals surface area contributed by atoms with Crippen LogP contribution in [0.2, 0.25) is 0 Å². The normalized spacial score (nSPS) is 13.6. The lowest BCUT2D eigenvalue weighted by Gasteiger charge is -2.33. The van der Waals surface area contributed by atoms with Gasteiger partial charge in [0.05, 0.1) is 11.0 Å². The fourth-order valence-electron chi connectivity index (χ4n) is 12.1. The SMILES string of the molecule is CCCCCCC1(CCCCCC)c2ccccc2-c2ccc(C#Cc3ccc4c(c3)C(CCCCCC)(CCCCCC)c3cc(C#Cc5cc6cccnc6c6ncccc56)ccc3-4)cc21. The maximum Gasteiger partial charge on any atom is 0.0977 e. The highest BCUT2D eigenvalue weighted by molar-refractivity contribution is 6.05. The lowest BCUT2D eigenvalue weighted by molar-refractivity contribution is 0.401. The molecule has 0 N–H and O–H groups in total. The van der Waals surface area contributed by atoms with Gasteiger partial charge in [0, 0.05) is 56.2 Å². The van der Waals surface area contributed by atoms with Crippen LogP contribution in [0.25, 0.3) is 44.1 Å². The molecule has 2 heteroatoms. The van der Waals surface area contributed by atoms with E-state index in [4.69, 9.17) is 4.98 Å². The van der Waals surface area contributed by atoms with Crippen molar-refractivity contribution in [3.63, 3.8) is 0 Å². The summed E-state index contributed by atoms with van der Waals surface area (Å²) < 4.78 is 0. The van der Waals surface area contributed by atoms with Gasteiger partial charge in [0.15, 0.2) is 0 Å². The van der Waals surface area contributed by atoms with Gasteiger partial charge >= 0.3 is 0 Å². The average molecular weight is 893 g/mol. The van der Waals surface area contributed by atoms with Gasteiger partial charge in [-0.25, -0.2) is 0 Å².